The van der Waals surface area contributed by atoms with Gasteiger partial charge >= 0.3 is 0 Å². The zero-order valence-corrected chi connectivity index (χ0v) is 14.7. The molecule has 0 saturated carbocycles. The summed E-state index contributed by atoms with van der Waals surface area (Å²) in [6.07, 6.45) is 2.33. The molecule has 0 bridgehead atoms. The molecule has 1 heterocycles. The Morgan fingerprint density at radius 1 is 1.29 bits per heavy atom. The van der Waals surface area contributed by atoms with E-state index < -0.39 is 0 Å². The number of hydrogen-bond acceptors (Lipinski definition) is 5. The van der Waals surface area contributed by atoms with Gasteiger partial charge in [0, 0.05) is 26.2 Å². The Bertz CT molecular complexity index is 493. The van der Waals surface area contributed by atoms with Gasteiger partial charge in [-0.25, -0.2) is 0 Å². The van der Waals surface area contributed by atoms with Crippen LogP contribution in [0.4, 0.5) is 0 Å². The van der Waals surface area contributed by atoms with Crippen molar-refractivity contribution in [2.24, 2.45) is 0 Å². The highest BCUT2D eigenvalue weighted by molar-refractivity contribution is 5.78. The molecule has 24 heavy (non-hydrogen) atoms. The number of hydrogen-bond donors (Lipinski definition) is 2. The van der Waals surface area contributed by atoms with Crippen molar-refractivity contribution in [1.29, 1.82) is 0 Å². The zero-order valence-electron chi connectivity index (χ0n) is 14.7. The van der Waals surface area contributed by atoms with Crippen LogP contribution in [-0.4, -0.2) is 63.9 Å². The number of likely N-dealkylation sites (tertiary alicyclic amines) is 1. The average molecular weight is 335 g/mol. The quantitative estimate of drug-likeness (QED) is 0.660. The van der Waals surface area contributed by atoms with Gasteiger partial charge < -0.3 is 20.1 Å². The summed E-state index contributed by atoms with van der Waals surface area (Å²) in [5.74, 6) is 0.890. The van der Waals surface area contributed by atoms with Crippen molar-refractivity contribution in [1.82, 2.24) is 15.5 Å². The largest absolute Gasteiger partial charge is 0.491 e. The molecule has 6 heteroatoms. The van der Waals surface area contributed by atoms with Crippen LogP contribution in [0.15, 0.2) is 24.3 Å². The Morgan fingerprint density at radius 2 is 2.08 bits per heavy atom. The van der Waals surface area contributed by atoms with Crippen LogP contribution in [0.3, 0.4) is 0 Å². The monoisotopic (exact) mass is 335 g/mol. The van der Waals surface area contributed by atoms with Crippen LogP contribution in [0.25, 0.3) is 0 Å². The Balaban J connectivity index is 1.69. The minimum Gasteiger partial charge on any atom is -0.491 e. The maximum Gasteiger partial charge on any atom is 0.234 e. The van der Waals surface area contributed by atoms with Gasteiger partial charge in [0.15, 0.2) is 0 Å². The SMILES string of the molecule is CNC1CCCN(CC(=O)NCc2ccc(OCCOC)cc2)C1. The number of methoxy groups -OCH3 is 1. The third-order valence-electron chi connectivity index (χ3n) is 4.25. The fourth-order valence-corrected chi connectivity index (χ4v) is 2.84. The van der Waals surface area contributed by atoms with Gasteiger partial charge in [-0.3, -0.25) is 9.69 Å². The van der Waals surface area contributed by atoms with Gasteiger partial charge in [0.2, 0.25) is 5.91 Å². The lowest BCUT2D eigenvalue weighted by atomic mass is 10.1. The second-order valence-corrected chi connectivity index (χ2v) is 6.12. The molecule has 0 spiro atoms. The average Bonchev–Trinajstić information content (AvgIpc) is 2.61. The molecular weight excluding hydrogens is 306 g/mol. The molecule has 0 radical (unpaired) electrons. The third-order valence-corrected chi connectivity index (χ3v) is 4.25. The number of carbonyl (C=O) groups excluding carboxylic acids is 1. The maximum atomic E-state index is 12.1. The summed E-state index contributed by atoms with van der Waals surface area (Å²) in [5, 5.41) is 6.28. The Kier molecular flexibility index (Phi) is 8.01. The molecule has 1 aromatic carbocycles. The van der Waals surface area contributed by atoms with Crippen LogP contribution < -0.4 is 15.4 Å². The zero-order chi connectivity index (χ0) is 17.2. The highest BCUT2D eigenvalue weighted by atomic mass is 16.5. The Labute approximate surface area is 144 Å². The number of carbonyl (C=O) groups is 1. The van der Waals surface area contributed by atoms with Crippen molar-refractivity contribution in [3.05, 3.63) is 29.8 Å². The molecule has 0 aromatic heterocycles. The van der Waals surface area contributed by atoms with Gasteiger partial charge in [-0.2, -0.15) is 0 Å². The van der Waals surface area contributed by atoms with Gasteiger partial charge in [0.25, 0.3) is 0 Å². The maximum absolute atomic E-state index is 12.1. The number of nitrogens with zero attached hydrogens (tertiary/aromatic N) is 1. The molecule has 1 unspecified atom stereocenters. The van der Waals surface area contributed by atoms with E-state index in [9.17, 15) is 4.79 Å². The van der Waals surface area contributed by atoms with Crippen molar-refractivity contribution < 1.29 is 14.3 Å². The molecule has 134 valence electrons. The summed E-state index contributed by atoms with van der Waals surface area (Å²) in [6.45, 7) is 4.06. The summed E-state index contributed by atoms with van der Waals surface area (Å²) in [4.78, 5) is 14.3. The fourth-order valence-electron chi connectivity index (χ4n) is 2.84. The normalized spacial score (nSPS) is 18.3. The predicted octanol–water partition coefficient (Wildman–Crippen LogP) is 1.01. The van der Waals surface area contributed by atoms with Crippen molar-refractivity contribution in [2.45, 2.75) is 25.4 Å². The first-order chi connectivity index (χ1) is 11.7. The van der Waals surface area contributed by atoms with Crippen molar-refractivity contribution in [3.8, 4) is 5.75 Å². The minimum absolute atomic E-state index is 0.0761. The second-order valence-electron chi connectivity index (χ2n) is 6.12. The van der Waals surface area contributed by atoms with Crippen molar-refractivity contribution in [3.63, 3.8) is 0 Å². The van der Waals surface area contributed by atoms with E-state index in [-0.39, 0.29) is 5.91 Å². The van der Waals surface area contributed by atoms with E-state index in [4.69, 9.17) is 9.47 Å². The molecule has 2 N–H and O–H groups in total. The summed E-state index contributed by atoms with van der Waals surface area (Å²) in [5.41, 5.74) is 1.06. The molecule has 0 aliphatic carbocycles. The number of amides is 1. The highest BCUT2D eigenvalue weighted by Crippen LogP contribution is 2.12. The molecule has 2 rings (SSSR count). The van der Waals surface area contributed by atoms with Gasteiger partial charge in [0.05, 0.1) is 13.2 Å². The molecule has 1 atom stereocenters. The first-order valence-electron chi connectivity index (χ1n) is 8.58. The molecule has 1 aliphatic heterocycles. The number of benzene rings is 1. The first kappa shape index (κ1) is 18.7. The topological polar surface area (TPSA) is 62.8 Å². The first-order valence-corrected chi connectivity index (χ1v) is 8.58. The molecular formula is C18H29N3O3. The van der Waals surface area contributed by atoms with E-state index in [1.54, 1.807) is 7.11 Å². The smallest absolute Gasteiger partial charge is 0.234 e. The van der Waals surface area contributed by atoms with E-state index in [0.29, 0.717) is 32.3 Å². The van der Waals surface area contributed by atoms with Crippen LogP contribution in [-0.2, 0) is 16.1 Å². The van der Waals surface area contributed by atoms with Crippen LogP contribution in [0.1, 0.15) is 18.4 Å². The second kappa shape index (κ2) is 10.3. The van der Waals surface area contributed by atoms with Crippen LogP contribution in [0.2, 0.25) is 0 Å². The van der Waals surface area contributed by atoms with E-state index in [0.717, 1.165) is 30.8 Å². The summed E-state index contributed by atoms with van der Waals surface area (Å²) < 4.78 is 10.5. The molecule has 1 amide bonds. The molecule has 1 fully saturated rings. The number of nitrogens with one attached hydrogen (secondary N) is 2. The lowest BCUT2D eigenvalue weighted by Crippen LogP contribution is -2.47. The lowest BCUT2D eigenvalue weighted by Gasteiger charge is -2.31. The van der Waals surface area contributed by atoms with Crippen LogP contribution >= 0.6 is 0 Å². The van der Waals surface area contributed by atoms with E-state index >= 15 is 0 Å². The molecule has 6 nitrogen and oxygen atoms in total. The Morgan fingerprint density at radius 3 is 2.79 bits per heavy atom. The molecule has 1 aliphatic rings. The summed E-state index contributed by atoms with van der Waals surface area (Å²) in [7, 11) is 3.63. The number of piperidine rings is 1. The highest BCUT2D eigenvalue weighted by Gasteiger charge is 2.19. The summed E-state index contributed by atoms with van der Waals surface area (Å²) in [6, 6.07) is 8.27. The molecule has 1 saturated heterocycles. The van der Waals surface area contributed by atoms with Crippen LogP contribution in [0.5, 0.6) is 5.75 Å². The van der Waals surface area contributed by atoms with Gasteiger partial charge in [0.1, 0.15) is 12.4 Å². The van der Waals surface area contributed by atoms with Gasteiger partial charge in [-0.1, -0.05) is 12.1 Å². The number of ether oxygens (including phenoxy) is 2. The number of rotatable bonds is 9. The minimum atomic E-state index is 0.0761. The standard InChI is InChI=1S/C18H29N3O3/c1-19-16-4-3-9-21(13-16)14-18(22)20-12-15-5-7-17(8-6-15)24-11-10-23-2/h5-8,16,19H,3-4,9-14H2,1-2H3,(H,20,22). The lowest BCUT2D eigenvalue weighted by molar-refractivity contribution is -0.122. The molecule has 1 aromatic rings. The van der Waals surface area contributed by atoms with E-state index in [2.05, 4.69) is 15.5 Å². The fraction of sp³-hybridized carbons (Fsp3) is 0.611. The van der Waals surface area contributed by atoms with E-state index in [1.165, 1.54) is 6.42 Å². The van der Waals surface area contributed by atoms with Crippen molar-refractivity contribution >= 4 is 5.91 Å². The van der Waals surface area contributed by atoms with Gasteiger partial charge in [-0.15, -0.1) is 0 Å². The van der Waals surface area contributed by atoms with E-state index in [1.807, 2.05) is 31.3 Å². The number of likely N-dealkylation sites (N-methyl/N-ethyl adjacent to an activating group) is 1. The summed E-state index contributed by atoms with van der Waals surface area (Å²) >= 11 is 0. The van der Waals surface area contributed by atoms with Crippen LogP contribution in [0, 0.1) is 0 Å². The predicted molar refractivity (Wildman–Crippen MR) is 94.2 cm³/mol. The van der Waals surface area contributed by atoms with Gasteiger partial charge in [-0.05, 0) is 44.1 Å². The van der Waals surface area contributed by atoms with Crippen molar-refractivity contribution in [2.75, 3.05) is 47.0 Å². The third kappa shape index (κ3) is 6.47. The Hall–Kier alpha value is -1.63.